The average molecular weight is 323 g/mol. The lowest BCUT2D eigenvalue weighted by molar-refractivity contribution is 0.0601. The fourth-order valence-corrected chi connectivity index (χ4v) is 2.90. The Labute approximate surface area is 144 Å². The Morgan fingerprint density at radius 3 is 2.54 bits per heavy atom. The van der Waals surface area contributed by atoms with E-state index in [4.69, 9.17) is 4.74 Å². The number of methoxy groups -OCH3 is 1. The molecule has 0 spiro atoms. The van der Waals surface area contributed by atoms with Crippen molar-refractivity contribution < 1.29 is 9.53 Å². The second kappa shape index (κ2) is 7.82. The Morgan fingerprint density at radius 1 is 1.12 bits per heavy atom. The lowest BCUT2D eigenvalue weighted by atomic mass is 9.97. The number of hydrogen-bond acceptors (Lipinski definition) is 3. The lowest BCUT2D eigenvalue weighted by Crippen LogP contribution is -2.21. The number of hydrogen-bond donors (Lipinski definition) is 0. The summed E-state index contributed by atoms with van der Waals surface area (Å²) in [5.74, 6) is -0.307. The van der Waals surface area contributed by atoms with Crippen molar-refractivity contribution in [1.82, 2.24) is 4.90 Å². The van der Waals surface area contributed by atoms with Crippen LogP contribution >= 0.6 is 0 Å². The van der Waals surface area contributed by atoms with Gasteiger partial charge in [-0.1, -0.05) is 49.8 Å². The summed E-state index contributed by atoms with van der Waals surface area (Å²) >= 11 is 0. The number of allylic oxidation sites excluding steroid dienone is 2. The Bertz CT molecular complexity index is 803. The van der Waals surface area contributed by atoms with Crippen LogP contribution < -0.4 is 0 Å². The molecule has 0 saturated heterocycles. The first-order valence-electron chi connectivity index (χ1n) is 8.30. The summed E-state index contributed by atoms with van der Waals surface area (Å²) in [6.07, 6.45) is 4.29. The highest BCUT2D eigenvalue weighted by atomic mass is 16.5. The summed E-state index contributed by atoms with van der Waals surface area (Å²) in [6, 6.07) is 11.9. The van der Waals surface area contributed by atoms with Crippen LogP contribution in [0.15, 0.2) is 54.1 Å². The third-order valence-electron chi connectivity index (χ3n) is 4.00. The molecular weight excluding hydrogens is 298 g/mol. The molecule has 0 fully saturated rings. The number of esters is 1. The molecule has 3 heteroatoms. The van der Waals surface area contributed by atoms with Gasteiger partial charge in [-0.3, -0.25) is 0 Å². The summed E-state index contributed by atoms with van der Waals surface area (Å²) < 4.78 is 4.83. The molecule has 0 saturated carbocycles. The Balaban J connectivity index is 0.00000100. The minimum atomic E-state index is -0.307. The zero-order chi connectivity index (χ0) is 17.7. The van der Waals surface area contributed by atoms with Crippen LogP contribution in [0.2, 0.25) is 0 Å². The summed E-state index contributed by atoms with van der Waals surface area (Å²) in [4.78, 5) is 14.0. The number of carbonyl (C=O) groups is 1. The first kappa shape index (κ1) is 17.8. The summed E-state index contributed by atoms with van der Waals surface area (Å²) in [5.41, 5.74) is 4.21. The molecule has 0 bridgehead atoms. The van der Waals surface area contributed by atoms with E-state index in [1.165, 1.54) is 18.4 Å². The molecule has 0 radical (unpaired) electrons. The van der Waals surface area contributed by atoms with Gasteiger partial charge in [0.25, 0.3) is 0 Å². The Morgan fingerprint density at radius 2 is 1.88 bits per heavy atom. The van der Waals surface area contributed by atoms with Crippen LogP contribution in [0.25, 0.3) is 16.5 Å². The highest BCUT2D eigenvalue weighted by molar-refractivity contribution is 5.99. The van der Waals surface area contributed by atoms with Gasteiger partial charge in [-0.05, 0) is 35.9 Å². The van der Waals surface area contributed by atoms with Crippen molar-refractivity contribution in [2.24, 2.45) is 0 Å². The van der Waals surface area contributed by atoms with Crippen LogP contribution in [0, 0.1) is 0 Å². The predicted octanol–water partition coefficient (Wildman–Crippen LogP) is 4.89. The van der Waals surface area contributed by atoms with Crippen LogP contribution in [0.5, 0.6) is 0 Å². The van der Waals surface area contributed by atoms with E-state index in [0.29, 0.717) is 5.56 Å². The van der Waals surface area contributed by atoms with Crippen molar-refractivity contribution in [2.45, 2.75) is 20.8 Å². The van der Waals surface area contributed by atoms with Crippen LogP contribution in [-0.4, -0.2) is 31.6 Å². The van der Waals surface area contributed by atoms with Crippen molar-refractivity contribution in [3.8, 4) is 0 Å². The quantitative estimate of drug-likeness (QED) is 0.737. The van der Waals surface area contributed by atoms with Gasteiger partial charge in [0, 0.05) is 24.9 Å². The summed E-state index contributed by atoms with van der Waals surface area (Å²) in [5, 5.41) is 2.18. The van der Waals surface area contributed by atoms with Gasteiger partial charge < -0.3 is 9.64 Å². The van der Waals surface area contributed by atoms with Gasteiger partial charge in [0.05, 0.1) is 12.7 Å². The van der Waals surface area contributed by atoms with E-state index in [9.17, 15) is 4.79 Å². The second-order valence-corrected chi connectivity index (χ2v) is 5.65. The van der Waals surface area contributed by atoms with Crippen LogP contribution in [0.1, 0.15) is 36.7 Å². The fourth-order valence-electron chi connectivity index (χ4n) is 2.90. The molecule has 1 aliphatic rings. The lowest BCUT2D eigenvalue weighted by Gasteiger charge is -2.27. The second-order valence-electron chi connectivity index (χ2n) is 5.65. The molecular formula is C21H25NO2. The summed E-state index contributed by atoms with van der Waals surface area (Å²) in [6.45, 7) is 7.04. The van der Waals surface area contributed by atoms with Crippen LogP contribution in [0.4, 0.5) is 0 Å². The maximum absolute atomic E-state index is 11.8. The van der Waals surface area contributed by atoms with Crippen LogP contribution in [0.3, 0.4) is 0 Å². The molecule has 0 amide bonds. The molecule has 2 aromatic carbocycles. The first-order valence-corrected chi connectivity index (χ1v) is 8.30. The zero-order valence-corrected chi connectivity index (χ0v) is 15.1. The fraction of sp³-hybridized carbons (Fsp3) is 0.286. The van der Waals surface area contributed by atoms with E-state index >= 15 is 0 Å². The molecule has 24 heavy (non-hydrogen) atoms. The highest BCUT2D eigenvalue weighted by Crippen LogP contribution is 2.30. The van der Waals surface area contributed by atoms with Gasteiger partial charge in [-0.25, -0.2) is 4.79 Å². The standard InChI is InChI=1S/C19H19NO2.C2H6/c1-13-7-10-18(20(2)12-13)16-6-4-5-14-8-9-15(11-17(14)16)19(21)22-3;1-2/h4-11H,12H2,1-3H3;1-2H3. The van der Waals surface area contributed by atoms with Gasteiger partial charge in [-0.2, -0.15) is 0 Å². The van der Waals surface area contributed by atoms with E-state index in [2.05, 4.69) is 49.2 Å². The molecule has 1 heterocycles. The van der Waals surface area contributed by atoms with Gasteiger partial charge >= 0.3 is 5.97 Å². The van der Waals surface area contributed by atoms with Gasteiger partial charge in [0.1, 0.15) is 0 Å². The highest BCUT2D eigenvalue weighted by Gasteiger charge is 2.15. The number of benzene rings is 2. The van der Waals surface area contributed by atoms with Crippen molar-refractivity contribution in [1.29, 1.82) is 0 Å². The monoisotopic (exact) mass is 323 g/mol. The van der Waals surface area contributed by atoms with Crippen molar-refractivity contribution >= 4 is 22.4 Å². The number of carbonyl (C=O) groups excluding carboxylic acids is 1. The molecule has 0 atom stereocenters. The molecule has 0 aliphatic carbocycles. The minimum absolute atomic E-state index is 0.307. The van der Waals surface area contributed by atoms with Crippen molar-refractivity contribution in [2.75, 3.05) is 20.7 Å². The molecule has 0 unspecified atom stereocenters. The van der Waals surface area contributed by atoms with E-state index in [-0.39, 0.29) is 5.97 Å². The number of nitrogens with zero attached hydrogens (tertiary/aromatic N) is 1. The van der Waals surface area contributed by atoms with E-state index < -0.39 is 0 Å². The normalized spacial score (nSPS) is 13.6. The van der Waals surface area contributed by atoms with E-state index in [0.717, 1.165) is 22.9 Å². The maximum Gasteiger partial charge on any atom is 0.337 e. The molecule has 0 N–H and O–H groups in total. The molecule has 126 valence electrons. The third-order valence-corrected chi connectivity index (χ3v) is 4.00. The first-order chi connectivity index (χ1) is 11.6. The number of fused-ring (bicyclic) bond motifs is 1. The third kappa shape index (κ3) is 3.51. The van der Waals surface area contributed by atoms with E-state index in [1.54, 1.807) is 6.07 Å². The number of likely N-dealkylation sites (N-methyl/N-ethyl adjacent to an activating group) is 1. The molecule has 0 aromatic heterocycles. The van der Waals surface area contributed by atoms with Gasteiger partial charge in [0.2, 0.25) is 0 Å². The SMILES string of the molecule is CC.COC(=O)c1ccc2cccc(C3=CC=C(C)CN3C)c2c1. The van der Waals surface area contributed by atoms with Crippen molar-refractivity contribution in [3.63, 3.8) is 0 Å². The largest absolute Gasteiger partial charge is 0.465 e. The summed E-state index contributed by atoms with van der Waals surface area (Å²) in [7, 11) is 3.49. The molecule has 3 nitrogen and oxygen atoms in total. The van der Waals surface area contributed by atoms with Crippen LogP contribution in [-0.2, 0) is 4.74 Å². The molecule has 1 aliphatic heterocycles. The Hall–Kier alpha value is -2.55. The molecule has 3 rings (SSSR count). The smallest absolute Gasteiger partial charge is 0.337 e. The van der Waals surface area contributed by atoms with Gasteiger partial charge in [0.15, 0.2) is 0 Å². The number of rotatable bonds is 2. The minimum Gasteiger partial charge on any atom is -0.465 e. The van der Waals surface area contributed by atoms with Crippen molar-refractivity contribution in [3.05, 3.63) is 65.3 Å². The zero-order valence-electron chi connectivity index (χ0n) is 15.1. The predicted molar refractivity (Wildman–Crippen MR) is 101 cm³/mol. The number of ether oxygens (including phenoxy) is 1. The average Bonchev–Trinajstić information content (AvgIpc) is 2.62. The molecule has 2 aromatic rings. The van der Waals surface area contributed by atoms with Gasteiger partial charge in [-0.15, -0.1) is 0 Å². The Kier molecular flexibility index (Phi) is 5.80. The maximum atomic E-state index is 11.8. The topological polar surface area (TPSA) is 29.5 Å². The van der Waals surface area contributed by atoms with E-state index in [1.807, 2.05) is 26.0 Å².